The third-order valence-corrected chi connectivity index (χ3v) is 3.08. The van der Waals surface area contributed by atoms with Gasteiger partial charge < -0.3 is 11.1 Å². The number of guanidine groups is 1. The van der Waals surface area contributed by atoms with Crippen molar-refractivity contribution in [3.8, 4) is 0 Å². The normalized spacial score (nSPS) is 27.4. The fourth-order valence-corrected chi connectivity index (χ4v) is 1.97. The van der Waals surface area contributed by atoms with Crippen molar-refractivity contribution in [3.05, 3.63) is 12.7 Å². The molecular weight excluding hydrogens is 186 g/mol. The Morgan fingerprint density at radius 3 is 2.73 bits per heavy atom. The van der Waals surface area contributed by atoms with Crippen LogP contribution in [0.25, 0.3) is 0 Å². The summed E-state index contributed by atoms with van der Waals surface area (Å²) in [6.45, 7) is 7.52. The van der Waals surface area contributed by atoms with Crippen LogP contribution in [-0.2, 0) is 0 Å². The van der Waals surface area contributed by atoms with Gasteiger partial charge in [-0.15, -0.1) is 6.58 Å². The van der Waals surface area contributed by atoms with Crippen molar-refractivity contribution in [1.29, 1.82) is 0 Å². The van der Waals surface area contributed by atoms with Crippen molar-refractivity contribution in [1.82, 2.24) is 5.32 Å². The predicted molar refractivity (Wildman–Crippen MR) is 65.8 cm³/mol. The fraction of sp³-hybridized carbons (Fsp3) is 0.750. The summed E-state index contributed by atoms with van der Waals surface area (Å²) in [6.07, 6.45) is 7.09. The van der Waals surface area contributed by atoms with E-state index in [0.29, 0.717) is 12.5 Å². The van der Waals surface area contributed by atoms with Crippen molar-refractivity contribution in [2.45, 2.75) is 32.6 Å². The second kappa shape index (κ2) is 6.49. The number of nitrogens with two attached hydrogens (primary N) is 1. The summed E-state index contributed by atoms with van der Waals surface area (Å²) in [7, 11) is 0. The molecule has 3 nitrogen and oxygen atoms in total. The van der Waals surface area contributed by atoms with Gasteiger partial charge in [-0.25, -0.2) is 0 Å². The average Bonchev–Trinajstić information content (AvgIpc) is 2.25. The fourth-order valence-electron chi connectivity index (χ4n) is 1.97. The van der Waals surface area contributed by atoms with Crippen LogP contribution in [0.15, 0.2) is 17.6 Å². The standard InChI is InChI=1S/C12H23N3/c1-3-8-14-12(13)15-9-11-6-4-10(2)5-7-11/h3,10-11H,1,4-9H2,2H3,(H3,13,14,15). The Bertz CT molecular complexity index is 215. The maximum Gasteiger partial charge on any atom is 0.188 e. The Kier molecular flexibility index (Phi) is 5.22. The van der Waals surface area contributed by atoms with E-state index in [1.54, 1.807) is 6.08 Å². The molecule has 0 radical (unpaired) electrons. The van der Waals surface area contributed by atoms with E-state index in [-0.39, 0.29) is 0 Å². The quantitative estimate of drug-likeness (QED) is 0.422. The Morgan fingerprint density at radius 2 is 2.13 bits per heavy atom. The molecule has 0 heterocycles. The first-order chi connectivity index (χ1) is 7.22. The monoisotopic (exact) mass is 209 g/mol. The number of nitrogens with zero attached hydrogens (tertiary/aromatic N) is 1. The Hall–Kier alpha value is -0.990. The van der Waals surface area contributed by atoms with E-state index in [9.17, 15) is 0 Å². The topological polar surface area (TPSA) is 50.4 Å². The first-order valence-corrected chi connectivity index (χ1v) is 5.87. The summed E-state index contributed by atoms with van der Waals surface area (Å²) >= 11 is 0. The lowest BCUT2D eigenvalue weighted by molar-refractivity contribution is 0.296. The molecular formula is C12H23N3. The molecule has 0 aliphatic heterocycles. The number of hydrogen-bond acceptors (Lipinski definition) is 1. The van der Waals surface area contributed by atoms with Gasteiger partial charge in [0.15, 0.2) is 5.96 Å². The molecule has 3 heteroatoms. The summed E-state index contributed by atoms with van der Waals surface area (Å²) in [5.74, 6) is 2.19. The van der Waals surface area contributed by atoms with E-state index < -0.39 is 0 Å². The van der Waals surface area contributed by atoms with Crippen molar-refractivity contribution >= 4 is 5.96 Å². The van der Waals surface area contributed by atoms with Crippen molar-refractivity contribution in [3.63, 3.8) is 0 Å². The van der Waals surface area contributed by atoms with E-state index in [4.69, 9.17) is 5.73 Å². The minimum atomic E-state index is 0.550. The zero-order valence-electron chi connectivity index (χ0n) is 9.71. The van der Waals surface area contributed by atoms with Crippen LogP contribution in [0.4, 0.5) is 0 Å². The molecule has 0 spiro atoms. The highest BCUT2D eigenvalue weighted by molar-refractivity contribution is 5.77. The number of rotatable bonds is 4. The zero-order chi connectivity index (χ0) is 11.1. The molecule has 1 rings (SSSR count). The van der Waals surface area contributed by atoms with Gasteiger partial charge in [0.1, 0.15) is 0 Å². The summed E-state index contributed by atoms with van der Waals surface area (Å²) in [4.78, 5) is 4.35. The van der Waals surface area contributed by atoms with E-state index in [2.05, 4.69) is 23.8 Å². The van der Waals surface area contributed by atoms with E-state index >= 15 is 0 Å². The molecule has 0 saturated heterocycles. The van der Waals surface area contributed by atoms with E-state index in [0.717, 1.165) is 18.4 Å². The zero-order valence-corrected chi connectivity index (χ0v) is 9.71. The minimum Gasteiger partial charge on any atom is -0.370 e. The highest BCUT2D eigenvalue weighted by atomic mass is 15.1. The van der Waals surface area contributed by atoms with Crippen molar-refractivity contribution < 1.29 is 0 Å². The lowest BCUT2D eigenvalue weighted by Gasteiger charge is -2.24. The maximum atomic E-state index is 5.70. The average molecular weight is 209 g/mol. The van der Waals surface area contributed by atoms with E-state index in [1.165, 1.54) is 25.7 Å². The molecule has 3 N–H and O–H groups in total. The van der Waals surface area contributed by atoms with Crippen LogP contribution >= 0.6 is 0 Å². The van der Waals surface area contributed by atoms with Crippen LogP contribution in [0.2, 0.25) is 0 Å². The lowest BCUT2D eigenvalue weighted by Crippen LogP contribution is -2.32. The van der Waals surface area contributed by atoms with E-state index in [1.807, 2.05) is 0 Å². The van der Waals surface area contributed by atoms with Gasteiger partial charge in [0, 0.05) is 13.1 Å². The number of nitrogens with one attached hydrogen (secondary N) is 1. The van der Waals surface area contributed by atoms with Crippen molar-refractivity contribution in [2.24, 2.45) is 22.6 Å². The molecule has 0 amide bonds. The van der Waals surface area contributed by atoms with Gasteiger partial charge >= 0.3 is 0 Å². The summed E-state index contributed by atoms with van der Waals surface area (Å²) in [5.41, 5.74) is 5.70. The molecule has 1 saturated carbocycles. The maximum absolute atomic E-state index is 5.70. The first-order valence-electron chi connectivity index (χ1n) is 5.87. The second-order valence-electron chi connectivity index (χ2n) is 4.52. The largest absolute Gasteiger partial charge is 0.370 e. The van der Waals surface area contributed by atoms with Gasteiger partial charge in [-0.2, -0.15) is 0 Å². The van der Waals surface area contributed by atoms with Crippen LogP contribution in [-0.4, -0.2) is 19.0 Å². The van der Waals surface area contributed by atoms with Gasteiger partial charge in [-0.3, -0.25) is 4.99 Å². The molecule has 1 aliphatic rings. The lowest BCUT2D eigenvalue weighted by atomic mass is 9.83. The molecule has 0 aromatic carbocycles. The summed E-state index contributed by atoms with van der Waals surface area (Å²) in [6, 6.07) is 0. The first kappa shape index (κ1) is 12.1. The van der Waals surface area contributed by atoms with Gasteiger partial charge in [0.2, 0.25) is 0 Å². The van der Waals surface area contributed by atoms with Crippen LogP contribution in [0.3, 0.4) is 0 Å². The molecule has 15 heavy (non-hydrogen) atoms. The molecule has 0 aromatic rings. The number of hydrogen-bond donors (Lipinski definition) is 2. The summed E-state index contributed by atoms with van der Waals surface area (Å²) < 4.78 is 0. The minimum absolute atomic E-state index is 0.550. The van der Waals surface area contributed by atoms with Crippen LogP contribution in [0, 0.1) is 11.8 Å². The van der Waals surface area contributed by atoms with Gasteiger partial charge in [-0.05, 0) is 24.7 Å². The SMILES string of the molecule is C=CCNC(N)=NCC1CCC(C)CC1. The Labute approximate surface area is 92.8 Å². The number of aliphatic imine (C=N–C) groups is 1. The second-order valence-corrected chi connectivity index (χ2v) is 4.52. The molecule has 0 unspecified atom stereocenters. The molecule has 1 aliphatic carbocycles. The Morgan fingerprint density at radius 1 is 1.47 bits per heavy atom. The van der Waals surface area contributed by atoms with Crippen LogP contribution in [0.1, 0.15) is 32.6 Å². The third kappa shape index (κ3) is 4.86. The smallest absolute Gasteiger partial charge is 0.188 e. The molecule has 0 bridgehead atoms. The van der Waals surface area contributed by atoms with Gasteiger partial charge in [0.25, 0.3) is 0 Å². The van der Waals surface area contributed by atoms with Crippen LogP contribution < -0.4 is 11.1 Å². The van der Waals surface area contributed by atoms with Gasteiger partial charge in [-0.1, -0.05) is 25.8 Å². The summed E-state index contributed by atoms with van der Waals surface area (Å²) in [5, 5.41) is 2.99. The molecule has 0 aromatic heterocycles. The Balaban J connectivity index is 2.20. The molecule has 1 fully saturated rings. The molecule has 0 atom stereocenters. The molecule has 86 valence electrons. The van der Waals surface area contributed by atoms with Crippen molar-refractivity contribution in [2.75, 3.05) is 13.1 Å². The predicted octanol–water partition coefficient (Wildman–Crippen LogP) is 1.90. The highest BCUT2D eigenvalue weighted by Crippen LogP contribution is 2.28. The van der Waals surface area contributed by atoms with Crippen LogP contribution in [0.5, 0.6) is 0 Å². The third-order valence-electron chi connectivity index (χ3n) is 3.08. The van der Waals surface area contributed by atoms with Gasteiger partial charge in [0.05, 0.1) is 0 Å². The highest BCUT2D eigenvalue weighted by Gasteiger charge is 2.17.